The smallest absolute Gasteiger partial charge is 0.331 e. The average Bonchev–Trinajstić information content (AvgIpc) is 3.05. The van der Waals surface area contributed by atoms with E-state index in [0.29, 0.717) is 24.5 Å². The van der Waals surface area contributed by atoms with E-state index in [1.54, 1.807) is 6.92 Å². The fraction of sp³-hybridized carbons (Fsp3) is 0.600. The average molecular weight is 347 g/mol. The van der Waals surface area contributed by atoms with Gasteiger partial charge in [-0.15, -0.1) is 0 Å². The van der Waals surface area contributed by atoms with Crippen molar-refractivity contribution in [3.8, 4) is 5.75 Å². The minimum Gasteiger partial charge on any atom is -0.481 e. The Kier molecular flexibility index (Phi) is 6.09. The summed E-state index contributed by atoms with van der Waals surface area (Å²) in [5.74, 6) is 0.422. The molecule has 2 rings (SSSR count). The van der Waals surface area contributed by atoms with E-state index in [9.17, 15) is 9.59 Å². The van der Waals surface area contributed by atoms with E-state index < -0.39 is 11.6 Å². The third-order valence-electron chi connectivity index (χ3n) is 4.95. The van der Waals surface area contributed by atoms with Gasteiger partial charge in [0, 0.05) is 0 Å². The highest BCUT2D eigenvalue weighted by Crippen LogP contribution is 2.31. The molecule has 0 aliphatic heterocycles. The number of carbonyl (C=O) groups excluding carboxylic acids is 2. The number of hydrogen-bond donors (Lipinski definition) is 1. The lowest BCUT2D eigenvalue weighted by Gasteiger charge is -2.29. The Hall–Kier alpha value is -2.04. The first-order valence-corrected chi connectivity index (χ1v) is 8.96. The molecule has 0 saturated heterocycles. The lowest BCUT2D eigenvalue weighted by molar-refractivity contribution is -0.151. The topological polar surface area (TPSA) is 64.6 Å². The van der Waals surface area contributed by atoms with E-state index in [2.05, 4.69) is 25.2 Å². The number of carbonyl (C=O) groups is 2. The van der Waals surface area contributed by atoms with Crippen LogP contribution in [0.15, 0.2) is 18.2 Å². The van der Waals surface area contributed by atoms with Crippen molar-refractivity contribution in [1.29, 1.82) is 0 Å². The van der Waals surface area contributed by atoms with Crippen molar-refractivity contribution in [3.05, 3.63) is 29.3 Å². The maximum absolute atomic E-state index is 12.6. The zero-order valence-electron chi connectivity index (χ0n) is 15.8. The zero-order valence-corrected chi connectivity index (χ0v) is 15.8. The summed E-state index contributed by atoms with van der Waals surface area (Å²) in [7, 11) is 1.36. The molecule has 1 N–H and O–H groups in total. The lowest BCUT2D eigenvalue weighted by Crippen LogP contribution is -2.56. The van der Waals surface area contributed by atoms with Crippen LogP contribution in [0.3, 0.4) is 0 Å². The van der Waals surface area contributed by atoms with Gasteiger partial charge in [-0.3, -0.25) is 4.79 Å². The van der Waals surface area contributed by atoms with Crippen molar-refractivity contribution in [1.82, 2.24) is 5.32 Å². The van der Waals surface area contributed by atoms with E-state index in [1.807, 2.05) is 19.1 Å². The van der Waals surface area contributed by atoms with Crippen LogP contribution in [0.4, 0.5) is 0 Å². The molecular weight excluding hydrogens is 318 g/mol. The second-order valence-corrected chi connectivity index (χ2v) is 7.21. The van der Waals surface area contributed by atoms with Gasteiger partial charge in [-0.2, -0.15) is 0 Å². The Bertz CT molecular complexity index is 633. The second-order valence-electron chi connectivity index (χ2n) is 7.21. The van der Waals surface area contributed by atoms with Gasteiger partial charge in [0.1, 0.15) is 11.3 Å². The fourth-order valence-electron chi connectivity index (χ4n) is 3.24. The monoisotopic (exact) mass is 347 g/mol. The molecule has 0 bridgehead atoms. The van der Waals surface area contributed by atoms with Crippen LogP contribution in [0, 0.1) is 6.92 Å². The second kappa shape index (κ2) is 7.89. The van der Waals surface area contributed by atoms with Crippen molar-refractivity contribution >= 4 is 11.9 Å². The van der Waals surface area contributed by atoms with Crippen molar-refractivity contribution < 1.29 is 19.1 Å². The number of amides is 1. The van der Waals surface area contributed by atoms with Crippen LogP contribution in [0.1, 0.15) is 63.5 Å². The van der Waals surface area contributed by atoms with Crippen LogP contribution in [0.5, 0.6) is 5.75 Å². The first-order valence-electron chi connectivity index (χ1n) is 8.96. The summed E-state index contributed by atoms with van der Waals surface area (Å²) in [6.07, 6.45) is 2.34. The molecule has 25 heavy (non-hydrogen) atoms. The number of esters is 1. The molecule has 1 fully saturated rings. The highest BCUT2D eigenvalue weighted by molar-refractivity contribution is 5.90. The molecule has 0 spiro atoms. The van der Waals surface area contributed by atoms with E-state index in [-0.39, 0.29) is 11.9 Å². The molecule has 5 heteroatoms. The van der Waals surface area contributed by atoms with Crippen molar-refractivity contribution in [3.63, 3.8) is 0 Å². The molecule has 1 aromatic rings. The summed E-state index contributed by atoms with van der Waals surface area (Å²) in [5, 5.41) is 2.88. The quantitative estimate of drug-likeness (QED) is 0.800. The SMILES string of the molecule is COC(=O)C1(NC(=O)C(C)Oc2cc(C(C)C)ccc2C)CCCC1. The van der Waals surface area contributed by atoms with Crippen molar-refractivity contribution in [2.24, 2.45) is 0 Å². The number of ether oxygens (including phenoxy) is 2. The molecule has 1 unspecified atom stereocenters. The predicted octanol–water partition coefficient (Wildman–Crippen LogP) is 3.49. The first-order chi connectivity index (χ1) is 11.8. The Labute approximate surface area is 150 Å². The molecule has 0 heterocycles. The molecule has 1 atom stereocenters. The Morgan fingerprint density at radius 3 is 2.36 bits per heavy atom. The van der Waals surface area contributed by atoms with Gasteiger partial charge in [-0.1, -0.05) is 38.8 Å². The predicted molar refractivity (Wildman–Crippen MR) is 96.7 cm³/mol. The molecule has 1 aliphatic carbocycles. The molecule has 1 amide bonds. The summed E-state index contributed by atoms with van der Waals surface area (Å²) in [4.78, 5) is 24.8. The number of benzene rings is 1. The standard InChI is InChI=1S/C20H29NO4/c1-13(2)16-9-8-14(3)17(12-16)25-15(4)18(22)21-20(19(23)24-5)10-6-7-11-20/h8-9,12-13,15H,6-7,10-11H2,1-5H3,(H,21,22). The summed E-state index contributed by atoms with van der Waals surface area (Å²) in [5.41, 5.74) is 1.24. The summed E-state index contributed by atoms with van der Waals surface area (Å²) >= 11 is 0. The highest BCUT2D eigenvalue weighted by atomic mass is 16.5. The van der Waals surface area contributed by atoms with Gasteiger partial charge in [0.05, 0.1) is 7.11 Å². The van der Waals surface area contributed by atoms with Gasteiger partial charge in [-0.25, -0.2) is 4.79 Å². The van der Waals surface area contributed by atoms with Crippen LogP contribution in [0.2, 0.25) is 0 Å². The van der Waals surface area contributed by atoms with E-state index >= 15 is 0 Å². The van der Waals surface area contributed by atoms with E-state index in [4.69, 9.17) is 9.47 Å². The van der Waals surface area contributed by atoms with Gasteiger partial charge in [0.2, 0.25) is 0 Å². The summed E-state index contributed by atoms with van der Waals surface area (Å²) in [6, 6.07) is 6.06. The van der Waals surface area contributed by atoms with Gasteiger partial charge in [-0.05, 0) is 49.8 Å². The minimum atomic E-state index is -0.904. The number of nitrogens with one attached hydrogen (secondary N) is 1. The number of rotatable bonds is 6. The Morgan fingerprint density at radius 1 is 1.16 bits per heavy atom. The van der Waals surface area contributed by atoms with Crippen molar-refractivity contribution in [2.45, 2.75) is 70.9 Å². The van der Waals surface area contributed by atoms with Gasteiger partial charge in [0.25, 0.3) is 5.91 Å². The molecule has 0 aromatic heterocycles. The number of methoxy groups -OCH3 is 1. The zero-order chi connectivity index (χ0) is 18.6. The molecule has 1 aliphatic rings. The molecule has 1 saturated carbocycles. The number of hydrogen-bond acceptors (Lipinski definition) is 4. The van der Waals surface area contributed by atoms with E-state index in [0.717, 1.165) is 24.0 Å². The molecular formula is C20H29NO4. The largest absolute Gasteiger partial charge is 0.481 e. The Balaban J connectivity index is 2.10. The normalized spacial score (nSPS) is 17.2. The van der Waals surface area contributed by atoms with Gasteiger partial charge >= 0.3 is 5.97 Å². The van der Waals surface area contributed by atoms with Crippen molar-refractivity contribution in [2.75, 3.05) is 7.11 Å². The lowest BCUT2D eigenvalue weighted by atomic mass is 9.97. The van der Waals surface area contributed by atoms with Crippen LogP contribution in [0.25, 0.3) is 0 Å². The third kappa shape index (κ3) is 4.33. The molecule has 138 valence electrons. The molecule has 5 nitrogen and oxygen atoms in total. The maximum atomic E-state index is 12.6. The summed E-state index contributed by atoms with van der Waals surface area (Å²) in [6.45, 7) is 7.89. The molecule has 1 aromatic carbocycles. The maximum Gasteiger partial charge on any atom is 0.331 e. The van der Waals surface area contributed by atoms with Gasteiger partial charge in [0.15, 0.2) is 6.10 Å². The summed E-state index contributed by atoms with van der Waals surface area (Å²) < 4.78 is 10.8. The van der Waals surface area contributed by atoms with Gasteiger partial charge < -0.3 is 14.8 Å². The fourth-order valence-corrected chi connectivity index (χ4v) is 3.24. The Morgan fingerprint density at radius 2 is 1.80 bits per heavy atom. The number of aryl methyl sites for hydroxylation is 1. The van der Waals surface area contributed by atoms with E-state index in [1.165, 1.54) is 7.11 Å². The highest BCUT2D eigenvalue weighted by Gasteiger charge is 2.44. The van der Waals surface area contributed by atoms with Crippen LogP contribution in [-0.2, 0) is 14.3 Å². The minimum absolute atomic E-state index is 0.290. The molecule has 0 radical (unpaired) electrons. The third-order valence-corrected chi connectivity index (χ3v) is 4.95. The first kappa shape index (κ1) is 19.3. The van der Waals surface area contributed by atoms with Crippen LogP contribution in [-0.4, -0.2) is 30.6 Å². The van der Waals surface area contributed by atoms with Crippen LogP contribution < -0.4 is 10.1 Å². The van der Waals surface area contributed by atoms with Crippen LogP contribution >= 0.6 is 0 Å².